The number of ether oxygens (including phenoxy) is 2. The third kappa shape index (κ3) is 2.92. The molecule has 0 bridgehead atoms. The number of hydrogen-bond donors (Lipinski definition) is 1. The second kappa shape index (κ2) is 5.66. The maximum Gasteiger partial charge on any atom is 0.126 e. The van der Waals surface area contributed by atoms with Gasteiger partial charge in [0.1, 0.15) is 17.6 Å². The average molecular weight is 261 g/mol. The van der Waals surface area contributed by atoms with Gasteiger partial charge in [0.25, 0.3) is 0 Å². The van der Waals surface area contributed by atoms with Gasteiger partial charge < -0.3 is 15.2 Å². The van der Waals surface area contributed by atoms with E-state index < -0.39 is 0 Å². The molecule has 0 aliphatic carbocycles. The van der Waals surface area contributed by atoms with E-state index in [2.05, 4.69) is 39.0 Å². The molecule has 1 atom stereocenters. The molecule has 0 fully saturated rings. The fourth-order valence-corrected chi connectivity index (χ4v) is 2.41. The summed E-state index contributed by atoms with van der Waals surface area (Å²) < 4.78 is 11.3. The van der Waals surface area contributed by atoms with E-state index >= 15 is 0 Å². The Bertz CT molecular complexity index is 492. The zero-order valence-electron chi connectivity index (χ0n) is 12.2. The van der Waals surface area contributed by atoms with Gasteiger partial charge in [-0.25, -0.2) is 0 Å². The number of benzene rings is 1. The van der Waals surface area contributed by atoms with E-state index in [4.69, 9.17) is 15.2 Å². The molecule has 1 aromatic rings. The Balaban J connectivity index is 2.43. The first-order valence-electron chi connectivity index (χ1n) is 6.83. The van der Waals surface area contributed by atoms with Crippen LogP contribution in [0.2, 0.25) is 0 Å². The summed E-state index contributed by atoms with van der Waals surface area (Å²) in [7, 11) is 1.70. The normalized spacial score (nSPS) is 18.4. The Morgan fingerprint density at radius 2 is 2.26 bits per heavy atom. The highest BCUT2D eigenvalue weighted by molar-refractivity contribution is 5.64. The molecular formula is C16H23NO2. The molecule has 2 rings (SSSR count). The van der Waals surface area contributed by atoms with Crippen LogP contribution in [0.15, 0.2) is 17.7 Å². The largest absolute Gasteiger partial charge is 0.496 e. The average Bonchev–Trinajstić information content (AvgIpc) is 2.73. The molecule has 3 nitrogen and oxygen atoms in total. The first-order chi connectivity index (χ1) is 9.05. The van der Waals surface area contributed by atoms with Crippen molar-refractivity contribution in [1.29, 1.82) is 0 Å². The molecule has 0 saturated carbocycles. The van der Waals surface area contributed by atoms with Crippen LogP contribution < -0.4 is 15.2 Å². The lowest BCUT2D eigenvalue weighted by molar-refractivity contribution is 0.254. The highest BCUT2D eigenvalue weighted by Gasteiger charge is 2.21. The summed E-state index contributed by atoms with van der Waals surface area (Å²) in [6, 6.07) is 4.15. The molecule has 19 heavy (non-hydrogen) atoms. The number of hydrogen-bond acceptors (Lipinski definition) is 3. The molecule has 1 aromatic carbocycles. The van der Waals surface area contributed by atoms with Gasteiger partial charge >= 0.3 is 0 Å². The predicted octanol–water partition coefficient (Wildman–Crippen LogP) is 3.02. The van der Waals surface area contributed by atoms with Crippen molar-refractivity contribution in [1.82, 2.24) is 0 Å². The van der Waals surface area contributed by atoms with Crippen LogP contribution >= 0.6 is 0 Å². The third-order valence-corrected chi connectivity index (χ3v) is 3.57. The molecule has 0 spiro atoms. The SMILES string of the molecule is COc1cc2c(cc1/C=C(/CN)C(C)C)OC(C)C2. The monoisotopic (exact) mass is 261 g/mol. The van der Waals surface area contributed by atoms with Crippen LogP contribution in [-0.2, 0) is 6.42 Å². The zero-order valence-corrected chi connectivity index (χ0v) is 12.2. The second-order valence-electron chi connectivity index (χ2n) is 5.41. The van der Waals surface area contributed by atoms with Gasteiger partial charge in [0, 0.05) is 24.1 Å². The summed E-state index contributed by atoms with van der Waals surface area (Å²) in [5.74, 6) is 2.30. The minimum absolute atomic E-state index is 0.248. The van der Waals surface area contributed by atoms with Crippen molar-refractivity contribution in [3.63, 3.8) is 0 Å². The molecule has 1 heterocycles. The Hall–Kier alpha value is -1.48. The van der Waals surface area contributed by atoms with Crippen LogP contribution in [-0.4, -0.2) is 19.8 Å². The molecule has 104 valence electrons. The van der Waals surface area contributed by atoms with Crippen LogP contribution in [0.25, 0.3) is 6.08 Å². The van der Waals surface area contributed by atoms with E-state index in [9.17, 15) is 0 Å². The van der Waals surface area contributed by atoms with Crippen LogP contribution in [0, 0.1) is 5.92 Å². The van der Waals surface area contributed by atoms with E-state index in [0.717, 1.165) is 23.5 Å². The summed E-state index contributed by atoms with van der Waals surface area (Å²) in [5.41, 5.74) is 9.29. The highest BCUT2D eigenvalue weighted by atomic mass is 16.5. The molecule has 3 heteroatoms. The topological polar surface area (TPSA) is 44.5 Å². The van der Waals surface area contributed by atoms with Crippen molar-refractivity contribution in [3.05, 3.63) is 28.8 Å². The van der Waals surface area contributed by atoms with Crippen LogP contribution in [0.4, 0.5) is 0 Å². The fraction of sp³-hybridized carbons (Fsp3) is 0.500. The summed E-state index contributed by atoms with van der Waals surface area (Å²) in [6.45, 7) is 6.95. The smallest absolute Gasteiger partial charge is 0.126 e. The number of nitrogens with two attached hydrogens (primary N) is 1. The zero-order chi connectivity index (χ0) is 14.0. The van der Waals surface area contributed by atoms with Gasteiger partial charge in [0.05, 0.1) is 7.11 Å². The molecule has 1 aliphatic heterocycles. The van der Waals surface area contributed by atoms with Gasteiger partial charge in [0.15, 0.2) is 0 Å². The van der Waals surface area contributed by atoms with E-state index in [0.29, 0.717) is 12.5 Å². The first-order valence-corrected chi connectivity index (χ1v) is 6.83. The quantitative estimate of drug-likeness (QED) is 0.906. The van der Waals surface area contributed by atoms with E-state index in [1.165, 1.54) is 11.1 Å². The second-order valence-corrected chi connectivity index (χ2v) is 5.41. The molecule has 0 amide bonds. The molecule has 0 aromatic heterocycles. The minimum atomic E-state index is 0.248. The Morgan fingerprint density at radius 1 is 1.53 bits per heavy atom. The molecule has 0 radical (unpaired) electrons. The highest BCUT2D eigenvalue weighted by Crippen LogP contribution is 2.36. The van der Waals surface area contributed by atoms with Crippen molar-refractivity contribution in [2.75, 3.05) is 13.7 Å². The summed E-state index contributed by atoms with van der Waals surface area (Å²) in [6.07, 6.45) is 3.32. The van der Waals surface area contributed by atoms with Gasteiger partial charge in [-0.05, 0) is 25.0 Å². The maximum absolute atomic E-state index is 5.81. The fourth-order valence-electron chi connectivity index (χ4n) is 2.41. The molecule has 1 aliphatic rings. The molecule has 2 N–H and O–H groups in total. The predicted molar refractivity (Wildman–Crippen MR) is 78.7 cm³/mol. The van der Waals surface area contributed by atoms with Gasteiger partial charge in [-0.2, -0.15) is 0 Å². The van der Waals surface area contributed by atoms with Crippen molar-refractivity contribution in [3.8, 4) is 11.5 Å². The van der Waals surface area contributed by atoms with Crippen LogP contribution in [0.5, 0.6) is 11.5 Å². The summed E-state index contributed by atoms with van der Waals surface area (Å²) in [4.78, 5) is 0. The minimum Gasteiger partial charge on any atom is -0.496 e. The van der Waals surface area contributed by atoms with Crippen molar-refractivity contribution < 1.29 is 9.47 Å². The lowest BCUT2D eigenvalue weighted by atomic mass is 9.98. The van der Waals surface area contributed by atoms with Gasteiger partial charge in [-0.1, -0.05) is 25.5 Å². The maximum atomic E-state index is 5.81. The molecule has 0 saturated heterocycles. The van der Waals surface area contributed by atoms with Crippen molar-refractivity contribution >= 4 is 6.08 Å². The lowest BCUT2D eigenvalue weighted by Crippen LogP contribution is -2.08. The van der Waals surface area contributed by atoms with E-state index in [1.807, 2.05) is 0 Å². The summed E-state index contributed by atoms with van der Waals surface area (Å²) >= 11 is 0. The van der Waals surface area contributed by atoms with E-state index in [1.54, 1.807) is 7.11 Å². The van der Waals surface area contributed by atoms with Gasteiger partial charge in [-0.15, -0.1) is 0 Å². The Kier molecular flexibility index (Phi) is 4.15. The first kappa shape index (κ1) is 13.9. The summed E-state index contributed by atoms with van der Waals surface area (Å²) in [5, 5.41) is 0. The Morgan fingerprint density at radius 3 is 2.84 bits per heavy atom. The molecule has 1 unspecified atom stereocenters. The lowest BCUT2D eigenvalue weighted by Gasteiger charge is -2.12. The van der Waals surface area contributed by atoms with Gasteiger partial charge in [-0.3, -0.25) is 0 Å². The Labute approximate surface area is 115 Å². The van der Waals surface area contributed by atoms with Gasteiger partial charge in [0.2, 0.25) is 0 Å². The van der Waals surface area contributed by atoms with Crippen LogP contribution in [0.3, 0.4) is 0 Å². The van der Waals surface area contributed by atoms with E-state index in [-0.39, 0.29) is 6.10 Å². The number of methoxy groups -OCH3 is 1. The molecular weight excluding hydrogens is 238 g/mol. The van der Waals surface area contributed by atoms with Crippen molar-refractivity contribution in [2.24, 2.45) is 11.7 Å². The van der Waals surface area contributed by atoms with Crippen molar-refractivity contribution in [2.45, 2.75) is 33.3 Å². The number of fused-ring (bicyclic) bond motifs is 1. The number of rotatable bonds is 4. The van der Waals surface area contributed by atoms with Crippen LogP contribution in [0.1, 0.15) is 31.9 Å². The standard InChI is InChI=1S/C16H23NO2/c1-10(2)14(9-17)6-13-8-16-12(5-11(3)19-16)7-15(13)18-4/h6-8,10-11H,5,9,17H2,1-4H3/b14-6-. The third-order valence-electron chi connectivity index (χ3n) is 3.57.